The molecule has 2 aromatic heterocycles. The molecule has 1 aliphatic rings. The van der Waals surface area contributed by atoms with E-state index in [4.69, 9.17) is 4.74 Å². The summed E-state index contributed by atoms with van der Waals surface area (Å²) in [6.07, 6.45) is 6.61. The molecule has 2 heterocycles. The predicted molar refractivity (Wildman–Crippen MR) is 93.1 cm³/mol. The minimum absolute atomic E-state index is 0.0115. The lowest BCUT2D eigenvalue weighted by molar-refractivity contribution is 0.411. The molecule has 0 bridgehead atoms. The molecule has 0 radical (unpaired) electrons. The molecule has 0 N–H and O–H groups in total. The van der Waals surface area contributed by atoms with Crippen molar-refractivity contribution in [3.63, 3.8) is 0 Å². The van der Waals surface area contributed by atoms with Gasteiger partial charge in [0.2, 0.25) is 0 Å². The van der Waals surface area contributed by atoms with E-state index < -0.39 is 0 Å². The fraction of sp³-hybridized carbons (Fsp3) is 0.263. The topological polar surface area (TPSA) is 69.9 Å². The van der Waals surface area contributed by atoms with Gasteiger partial charge in [0.25, 0.3) is 11.5 Å². The van der Waals surface area contributed by atoms with Crippen molar-refractivity contribution in [3.05, 3.63) is 75.7 Å². The summed E-state index contributed by atoms with van der Waals surface area (Å²) >= 11 is 0. The first-order chi connectivity index (χ1) is 12.7. The van der Waals surface area contributed by atoms with Crippen molar-refractivity contribution in [2.45, 2.75) is 25.2 Å². The molecule has 1 aromatic carbocycles. The zero-order valence-electron chi connectivity index (χ0n) is 14.2. The summed E-state index contributed by atoms with van der Waals surface area (Å²) in [5.41, 5.74) is 1.96. The molecular weight excluding hydrogens is 335 g/mol. The van der Waals surface area contributed by atoms with Gasteiger partial charge in [-0.1, -0.05) is 0 Å². The Morgan fingerprint density at radius 1 is 1.27 bits per heavy atom. The van der Waals surface area contributed by atoms with Crippen LogP contribution in [0.1, 0.15) is 29.0 Å². The smallest absolute Gasteiger partial charge is 0.277 e. The number of rotatable bonds is 3. The van der Waals surface area contributed by atoms with Crippen LogP contribution in [0, 0.1) is 5.82 Å². The van der Waals surface area contributed by atoms with Crippen molar-refractivity contribution < 1.29 is 9.13 Å². The Labute approximate surface area is 149 Å². The van der Waals surface area contributed by atoms with E-state index in [1.165, 1.54) is 10.7 Å². The summed E-state index contributed by atoms with van der Waals surface area (Å²) in [4.78, 5) is 20.9. The second-order valence-corrected chi connectivity index (χ2v) is 6.24. The normalized spacial score (nSPS) is 16.2. The average Bonchev–Trinajstić information content (AvgIpc) is 2.69. The molecule has 0 aliphatic heterocycles. The fourth-order valence-electron chi connectivity index (χ4n) is 3.42. The molecule has 26 heavy (non-hydrogen) atoms. The lowest BCUT2D eigenvalue weighted by Crippen LogP contribution is -2.30. The minimum atomic E-state index is -0.252. The van der Waals surface area contributed by atoms with Crippen molar-refractivity contribution >= 4 is 0 Å². The van der Waals surface area contributed by atoms with Gasteiger partial charge in [-0.2, -0.15) is 9.78 Å². The van der Waals surface area contributed by atoms with Crippen LogP contribution in [-0.4, -0.2) is 26.9 Å². The largest absolute Gasteiger partial charge is 0.497 e. The molecule has 1 atom stereocenters. The van der Waals surface area contributed by atoms with Crippen LogP contribution in [0.25, 0.3) is 5.95 Å². The number of fused-ring (bicyclic) bond motifs is 1. The first-order valence-electron chi connectivity index (χ1n) is 8.38. The van der Waals surface area contributed by atoms with E-state index in [0.29, 0.717) is 36.1 Å². The Kier molecular flexibility index (Phi) is 4.20. The first kappa shape index (κ1) is 16.4. The Morgan fingerprint density at radius 2 is 2.08 bits per heavy atom. The molecule has 7 heteroatoms. The maximum absolute atomic E-state index is 14.3. The molecule has 0 amide bonds. The van der Waals surface area contributed by atoms with Gasteiger partial charge >= 0.3 is 0 Å². The van der Waals surface area contributed by atoms with Gasteiger partial charge < -0.3 is 4.74 Å². The van der Waals surface area contributed by atoms with E-state index in [-0.39, 0.29) is 23.2 Å². The standard InChI is InChI=1S/C19H17FN4O2/c1-26-14-4-6-17(20)16(10-14)12-3-5-15-13(9-12)11-23-24(18(15)25)19-21-7-2-8-22-19/h2,4,6-8,10-12H,3,5,9H2,1H3. The predicted octanol–water partition coefficient (Wildman–Crippen LogP) is 2.44. The van der Waals surface area contributed by atoms with Gasteiger partial charge in [0.1, 0.15) is 11.6 Å². The molecular formula is C19H17FN4O2. The monoisotopic (exact) mass is 352 g/mol. The highest BCUT2D eigenvalue weighted by Crippen LogP contribution is 2.34. The van der Waals surface area contributed by atoms with E-state index in [9.17, 15) is 9.18 Å². The second kappa shape index (κ2) is 6.67. The summed E-state index contributed by atoms with van der Waals surface area (Å²) in [6.45, 7) is 0. The van der Waals surface area contributed by atoms with Crippen LogP contribution >= 0.6 is 0 Å². The van der Waals surface area contributed by atoms with Gasteiger partial charge in [-0.05, 0) is 60.6 Å². The maximum Gasteiger partial charge on any atom is 0.277 e. The Hall–Kier alpha value is -3.09. The fourth-order valence-corrected chi connectivity index (χ4v) is 3.42. The highest BCUT2D eigenvalue weighted by Gasteiger charge is 2.26. The molecule has 1 unspecified atom stereocenters. The number of benzene rings is 1. The highest BCUT2D eigenvalue weighted by atomic mass is 19.1. The summed E-state index contributed by atoms with van der Waals surface area (Å²) < 4.78 is 20.7. The van der Waals surface area contributed by atoms with Gasteiger partial charge in [-0.3, -0.25) is 4.79 Å². The molecule has 0 saturated heterocycles. The zero-order valence-corrected chi connectivity index (χ0v) is 14.2. The third-order valence-corrected chi connectivity index (χ3v) is 4.76. The van der Waals surface area contributed by atoms with Crippen LogP contribution in [-0.2, 0) is 12.8 Å². The number of nitrogens with zero attached hydrogens (tertiary/aromatic N) is 4. The van der Waals surface area contributed by atoms with Crippen molar-refractivity contribution in [2.24, 2.45) is 0 Å². The number of ether oxygens (including phenoxy) is 1. The second-order valence-electron chi connectivity index (χ2n) is 6.24. The maximum atomic E-state index is 14.3. The third-order valence-electron chi connectivity index (χ3n) is 4.76. The van der Waals surface area contributed by atoms with Gasteiger partial charge in [0.05, 0.1) is 13.3 Å². The number of hydrogen-bond donors (Lipinski definition) is 0. The number of hydrogen-bond acceptors (Lipinski definition) is 5. The summed E-state index contributed by atoms with van der Waals surface area (Å²) in [7, 11) is 1.56. The van der Waals surface area contributed by atoms with E-state index in [1.54, 1.807) is 43.9 Å². The van der Waals surface area contributed by atoms with Crippen LogP contribution < -0.4 is 10.3 Å². The minimum Gasteiger partial charge on any atom is -0.497 e. The molecule has 3 aromatic rings. The lowest BCUT2D eigenvalue weighted by atomic mass is 9.81. The van der Waals surface area contributed by atoms with E-state index in [2.05, 4.69) is 15.1 Å². The van der Waals surface area contributed by atoms with Crippen LogP contribution in [0.5, 0.6) is 5.75 Å². The van der Waals surface area contributed by atoms with Crippen LogP contribution in [0.4, 0.5) is 4.39 Å². The SMILES string of the molecule is COc1ccc(F)c(C2CCc3c(cnn(-c4ncccn4)c3=O)C2)c1. The summed E-state index contributed by atoms with van der Waals surface area (Å²) in [6, 6.07) is 6.44. The van der Waals surface area contributed by atoms with E-state index in [0.717, 1.165) is 5.56 Å². The Bertz CT molecular complexity index is 1000. The van der Waals surface area contributed by atoms with Crippen molar-refractivity contribution in [1.82, 2.24) is 19.7 Å². The van der Waals surface area contributed by atoms with Crippen LogP contribution in [0.3, 0.4) is 0 Å². The van der Waals surface area contributed by atoms with E-state index in [1.807, 2.05) is 0 Å². The Balaban J connectivity index is 1.69. The van der Waals surface area contributed by atoms with Crippen molar-refractivity contribution in [3.8, 4) is 11.7 Å². The highest BCUT2D eigenvalue weighted by molar-refractivity contribution is 5.36. The van der Waals surface area contributed by atoms with Gasteiger partial charge in [-0.25, -0.2) is 14.4 Å². The number of aromatic nitrogens is 4. The van der Waals surface area contributed by atoms with E-state index >= 15 is 0 Å². The first-order valence-corrected chi connectivity index (χ1v) is 8.38. The quantitative estimate of drug-likeness (QED) is 0.724. The van der Waals surface area contributed by atoms with Gasteiger partial charge in [-0.15, -0.1) is 0 Å². The summed E-state index contributed by atoms with van der Waals surface area (Å²) in [5, 5.41) is 4.21. The molecule has 4 rings (SSSR count). The van der Waals surface area contributed by atoms with Gasteiger partial charge in [0.15, 0.2) is 0 Å². The number of halogens is 1. The van der Waals surface area contributed by atoms with Gasteiger partial charge in [0, 0.05) is 18.0 Å². The average molecular weight is 352 g/mol. The zero-order chi connectivity index (χ0) is 18.1. The summed E-state index contributed by atoms with van der Waals surface area (Å²) in [5.74, 6) is 0.615. The van der Waals surface area contributed by atoms with Crippen molar-refractivity contribution in [2.75, 3.05) is 7.11 Å². The molecule has 132 valence electrons. The molecule has 0 saturated carbocycles. The Morgan fingerprint density at radius 3 is 2.85 bits per heavy atom. The molecule has 0 spiro atoms. The molecule has 6 nitrogen and oxygen atoms in total. The number of methoxy groups -OCH3 is 1. The third kappa shape index (κ3) is 2.85. The lowest BCUT2D eigenvalue weighted by Gasteiger charge is -2.25. The van der Waals surface area contributed by atoms with Crippen LogP contribution in [0.15, 0.2) is 47.7 Å². The molecule has 1 aliphatic carbocycles. The van der Waals surface area contributed by atoms with Crippen molar-refractivity contribution in [1.29, 1.82) is 0 Å². The molecule has 0 fully saturated rings. The van der Waals surface area contributed by atoms with Crippen LogP contribution in [0.2, 0.25) is 0 Å².